The number of aromatic amines is 1. The first-order valence-corrected chi connectivity index (χ1v) is 8.92. The lowest BCUT2D eigenvalue weighted by Crippen LogP contribution is -2.48. The summed E-state index contributed by atoms with van der Waals surface area (Å²) in [5.74, 6) is 0.0615. The molecule has 1 aliphatic heterocycles. The summed E-state index contributed by atoms with van der Waals surface area (Å²) >= 11 is 0. The van der Waals surface area contributed by atoms with Gasteiger partial charge in [0.05, 0.1) is 13.2 Å². The van der Waals surface area contributed by atoms with E-state index in [1.54, 1.807) is 4.90 Å². The smallest absolute Gasteiger partial charge is 0.240 e. The van der Waals surface area contributed by atoms with Gasteiger partial charge in [-0.05, 0) is 41.3 Å². The number of amides is 1. The Hall–Kier alpha value is -2.70. The Morgan fingerprint density at radius 2 is 2.15 bits per heavy atom. The number of piperazine rings is 1. The Morgan fingerprint density at radius 3 is 2.92 bits per heavy atom. The van der Waals surface area contributed by atoms with Crippen molar-refractivity contribution in [3.05, 3.63) is 47.8 Å². The molecule has 3 N–H and O–H groups in total. The van der Waals surface area contributed by atoms with Crippen molar-refractivity contribution in [3.8, 4) is 11.1 Å². The summed E-state index contributed by atoms with van der Waals surface area (Å²) < 4.78 is 0. The molecule has 1 saturated heterocycles. The van der Waals surface area contributed by atoms with Gasteiger partial charge in [0.2, 0.25) is 5.91 Å². The molecule has 1 fully saturated rings. The van der Waals surface area contributed by atoms with Crippen molar-refractivity contribution >= 4 is 22.6 Å². The summed E-state index contributed by atoms with van der Waals surface area (Å²) in [5, 5.41) is 14.0. The molecule has 4 rings (SSSR count). The van der Waals surface area contributed by atoms with Gasteiger partial charge in [0.15, 0.2) is 0 Å². The predicted molar refractivity (Wildman–Crippen MR) is 102 cm³/mol. The summed E-state index contributed by atoms with van der Waals surface area (Å²) in [6.45, 7) is 3.83. The summed E-state index contributed by atoms with van der Waals surface area (Å²) in [6, 6.07) is 7.88. The molecule has 134 valence electrons. The van der Waals surface area contributed by atoms with Gasteiger partial charge in [-0.2, -0.15) is 0 Å². The number of carbonyl (C=O) groups excluding carboxylic acids is 1. The fourth-order valence-corrected chi connectivity index (χ4v) is 3.52. The van der Waals surface area contributed by atoms with Gasteiger partial charge >= 0.3 is 0 Å². The molecule has 0 unspecified atom stereocenters. The molecule has 0 radical (unpaired) electrons. The lowest BCUT2D eigenvalue weighted by molar-refractivity contribution is -0.118. The van der Waals surface area contributed by atoms with Crippen molar-refractivity contribution in [3.63, 3.8) is 0 Å². The van der Waals surface area contributed by atoms with Crippen LogP contribution in [0.3, 0.4) is 0 Å². The van der Waals surface area contributed by atoms with Gasteiger partial charge in [0.25, 0.3) is 0 Å². The molecule has 3 heterocycles. The average Bonchev–Trinajstić information content (AvgIpc) is 3.10. The van der Waals surface area contributed by atoms with Gasteiger partial charge in [0.1, 0.15) is 5.65 Å². The van der Waals surface area contributed by atoms with Gasteiger partial charge in [-0.1, -0.05) is 13.0 Å². The van der Waals surface area contributed by atoms with E-state index in [9.17, 15) is 9.90 Å². The summed E-state index contributed by atoms with van der Waals surface area (Å²) in [4.78, 5) is 21.7. The minimum atomic E-state index is -0.0586. The van der Waals surface area contributed by atoms with Crippen LogP contribution in [0.4, 0.5) is 5.69 Å². The molecule has 0 bridgehead atoms. The minimum absolute atomic E-state index is 0.0586. The summed E-state index contributed by atoms with van der Waals surface area (Å²) in [5.41, 5.74) is 5.62. The minimum Gasteiger partial charge on any atom is -0.392 e. The van der Waals surface area contributed by atoms with E-state index >= 15 is 0 Å². The monoisotopic (exact) mass is 350 g/mol. The maximum atomic E-state index is 12.2. The molecule has 1 aromatic carbocycles. The van der Waals surface area contributed by atoms with Crippen LogP contribution < -0.4 is 10.2 Å². The number of fused-ring (bicyclic) bond motifs is 1. The third-order valence-electron chi connectivity index (χ3n) is 4.97. The number of pyridine rings is 1. The Labute approximate surface area is 151 Å². The highest BCUT2D eigenvalue weighted by Crippen LogP contribution is 2.31. The van der Waals surface area contributed by atoms with Crippen molar-refractivity contribution in [1.82, 2.24) is 15.3 Å². The van der Waals surface area contributed by atoms with Crippen LogP contribution in [0, 0.1) is 0 Å². The van der Waals surface area contributed by atoms with Crippen LogP contribution in [0.1, 0.15) is 18.1 Å². The topological polar surface area (TPSA) is 81.2 Å². The average molecular weight is 350 g/mol. The van der Waals surface area contributed by atoms with E-state index in [-0.39, 0.29) is 12.5 Å². The Kier molecular flexibility index (Phi) is 4.44. The third-order valence-corrected chi connectivity index (χ3v) is 4.97. The Morgan fingerprint density at radius 1 is 1.27 bits per heavy atom. The molecule has 6 nitrogen and oxygen atoms in total. The van der Waals surface area contributed by atoms with Crippen LogP contribution in [0.25, 0.3) is 22.2 Å². The number of anilines is 1. The molecule has 6 heteroatoms. The van der Waals surface area contributed by atoms with E-state index in [1.165, 1.54) is 5.56 Å². The molecule has 1 amide bonds. The zero-order chi connectivity index (χ0) is 18.1. The molecule has 0 atom stereocenters. The number of nitrogens with zero attached hydrogens (tertiary/aromatic N) is 2. The van der Waals surface area contributed by atoms with E-state index in [0.29, 0.717) is 13.1 Å². The van der Waals surface area contributed by atoms with Crippen LogP contribution in [-0.2, 0) is 17.8 Å². The number of carbonyl (C=O) groups is 1. The number of aryl methyl sites for hydroxylation is 1. The third kappa shape index (κ3) is 2.87. The number of aliphatic hydroxyl groups excluding tert-OH is 1. The number of rotatable bonds is 4. The van der Waals surface area contributed by atoms with Gasteiger partial charge in [-0.15, -0.1) is 0 Å². The first-order chi connectivity index (χ1) is 12.7. The second-order valence-corrected chi connectivity index (χ2v) is 6.51. The maximum Gasteiger partial charge on any atom is 0.240 e. The summed E-state index contributed by atoms with van der Waals surface area (Å²) in [7, 11) is 0. The molecule has 2 aromatic heterocycles. The second-order valence-electron chi connectivity index (χ2n) is 6.51. The van der Waals surface area contributed by atoms with E-state index in [2.05, 4.69) is 28.3 Å². The van der Waals surface area contributed by atoms with Crippen molar-refractivity contribution in [2.75, 3.05) is 24.5 Å². The number of H-pyrrole nitrogens is 1. The highest BCUT2D eigenvalue weighted by atomic mass is 16.3. The molecular formula is C20H22N4O2. The van der Waals surface area contributed by atoms with Crippen molar-refractivity contribution in [2.24, 2.45) is 0 Å². The van der Waals surface area contributed by atoms with Crippen molar-refractivity contribution < 1.29 is 9.90 Å². The number of hydrogen-bond donors (Lipinski definition) is 3. The molecular weight excluding hydrogens is 328 g/mol. The number of hydrogen-bond acceptors (Lipinski definition) is 4. The van der Waals surface area contributed by atoms with Crippen LogP contribution in [0.2, 0.25) is 0 Å². The van der Waals surface area contributed by atoms with Crippen LogP contribution in [-0.4, -0.2) is 40.6 Å². The van der Waals surface area contributed by atoms with Crippen LogP contribution in [0.5, 0.6) is 0 Å². The highest BCUT2D eigenvalue weighted by Gasteiger charge is 2.20. The van der Waals surface area contributed by atoms with Gasteiger partial charge in [-0.25, -0.2) is 4.98 Å². The zero-order valence-corrected chi connectivity index (χ0v) is 14.7. The van der Waals surface area contributed by atoms with Crippen LogP contribution >= 0.6 is 0 Å². The SMILES string of the molecule is CCc1c[nH]c2ncc(-c3cc(N4CCNCC4=O)ccc3CO)cc12. The normalized spacial score (nSPS) is 15.0. The Balaban J connectivity index is 1.81. The first kappa shape index (κ1) is 16.8. The molecule has 0 spiro atoms. The zero-order valence-electron chi connectivity index (χ0n) is 14.7. The van der Waals surface area contributed by atoms with Crippen LogP contribution in [0.15, 0.2) is 36.7 Å². The second kappa shape index (κ2) is 6.90. The largest absolute Gasteiger partial charge is 0.392 e. The maximum absolute atomic E-state index is 12.2. The number of benzene rings is 1. The predicted octanol–water partition coefficient (Wildman–Crippen LogP) is 2.22. The first-order valence-electron chi connectivity index (χ1n) is 8.92. The summed E-state index contributed by atoms with van der Waals surface area (Å²) in [6.07, 6.45) is 4.73. The molecule has 26 heavy (non-hydrogen) atoms. The van der Waals surface area contributed by atoms with E-state index in [1.807, 2.05) is 30.6 Å². The highest BCUT2D eigenvalue weighted by molar-refractivity contribution is 5.96. The number of nitrogens with one attached hydrogen (secondary N) is 2. The molecule has 1 aliphatic rings. The fraction of sp³-hybridized carbons (Fsp3) is 0.300. The quantitative estimate of drug-likeness (QED) is 0.674. The van der Waals surface area contributed by atoms with Gasteiger partial charge < -0.3 is 20.3 Å². The fourth-order valence-electron chi connectivity index (χ4n) is 3.52. The lowest BCUT2D eigenvalue weighted by Gasteiger charge is -2.28. The van der Waals surface area contributed by atoms with Gasteiger partial charge in [-0.3, -0.25) is 4.79 Å². The number of aliphatic hydroxyl groups is 1. The van der Waals surface area contributed by atoms with E-state index in [0.717, 1.165) is 46.4 Å². The molecule has 0 saturated carbocycles. The lowest BCUT2D eigenvalue weighted by atomic mass is 9.98. The molecule has 0 aliphatic carbocycles. The number of aromatic nitrogens is 2. The van der Waals surface area contributed by atoms with Crippen molar-refractivity contribution in [2.45, 2.75) is 20.0 Å². The van der Waals surface area contributed by atoms with Gasteiger partial charge in [0, 0.05) is 42.1 Å². The van der Waals surface area contributed by atoms with Crippen molar-refractivity contribution in [1.29, 1.82) is 0 Å². The van der Waals surface area contributed by atoms with E-state index in [4.69, 9.17) is 0 Å². The molecule has 3 aromatic rings. The standard InChI is InChI=1S/C20H22N4O2/c1-2-13-9-22-20-18(13)7-15(10-23-20)17-8-16(4-3-14(17)12-25)24-6-5-21-11-19(24)26/h3-4,7-10,21,25H,2,5-6,11-12H2,1H3,(H,22,23). The van der Waals surface area contributed by atoms with E-state index < -0.39 is 0 Å². The Bertz CT molecular complexity index is 964.